The molecule has 0 heterocycles. The second kappa shape index (κ2) is 10.4. The molecule has 0 saturated carbocycles. The predicted octanol–water partition coefficient (Wildman–Crippen LogP) is 3.46. The highest BCUT2D eigenvalue weighted by atomic mass is 16.5. The van der Waals surface area contributed by atoms with Crippen molar-refractivity contribution < 1.29 is 4.74 Å². The van der Waals surface area contributed by atoms with Crippen molar-refractivity contribution >= 4 is 0 Å². The number of ether oxygens (including phenoxy) is 1. The minimum absolute atomic E-state index is 0.554. The van der Waals surface area contributed by atoms with Gasteiger partial charge in [0.1, 0.15) is 12.4 Å². The molecule has 1 rings (SSSR count). The van der Waals surface area contributed by atoms with E-state index >= 15 is 0 Å². The molecule has 1 aromatic rings. The molecule has 21 heavy (non-hydrogen) atoms. The summed E-state index contributed by atoms with van der Waals surface area (Å²) in [4.78, 5) is 2.39. The molecule has 0 aliphatic rings. The van der Waals surface area contributed by atoms with Gasteiger partial charge in [0.05, 0.1) is 0 Å². The molecule has 3 heteroatoms. The summed E-state index contributed by atoms with van der Waals surface area (Å²) in [7, 11) is 2.19. The zero-order valence-electron chi connectivity index (χ0n) is 13.8. The first-order chi connectivity index (χ1) is 10.1. The molecule has 1 N–H and O–H groups in total. The van der Waals surface area contributed by atoms with Crippen LogP contribution in [0.5, 0.6) is 5.75 Å². The Labute approximate surface area is 130 Å². The molecule has 0 aromatic heterocycles. The molecule has 0 unspecified atom stereocenters. The Kier molecular flexibility index (Phi) is 8.79. The van der Waals surface area contributed by atoms with Gasteiger partial charge in [-0.1, -0.05) is 30.9 Å². The maximum absolute atomic E-state index is 5.66. The maximum Gasteiger partial charge on any atom is 0.124 e. The SMILES string of the molecule is C=CCOc1ccccc1CNCCCCN(C)C(C)C. The van der Waals surface area contributed by atoms with Gasteiger partial charge in [-0.05, 0) is 52.9 Å². The first-order valence-corrected chi connectivity index (χ1v) is 7.87. The highest BCUT2D eigenvalue weighted by Crippen LogP contribution is 2.17. The zero-order valence-corrected chi connectivity index (χ0v) is 13.8. The lowest BCUT2D eigenvalue weighted by Gasteiger charge is -2.20. The zero-order chi connectivity index (χ0) is 15.5. The van der Waals surface area contributed by atoms with Crippen LogP contribution in [-0.4, -0.2) is 37.7 Å². The van der Waals surface area contributed by atoms with Gasteiger partial charge < -0.3 is 15.0 Å². The van der Waals surface area contributed by atoms with Gasteiger partial charge in [-0.2, -0.15) is 0 Å². The molecule has 0 radical (unpaired) electrons. The van der Waals surface area contributed by atoms with Gasteiger partial charge in [0.2, 0.25) is 0 Å². The van der Waals surface area contributed by atoms with Crippen molar-refractivity contribution in [3.63, 3.8) is 0 Å². The van der Waals surface area contributed by atoms with E-state index in [1.165, 1.54) is 24.9 Å². The summed E-state index contributed by atoms with van der Waals surface area (Å²) in [5, 5.41) is 3.50. The number of unbranched alkanes of at least 4 members (excludes halogenated alkanes) is 1. The summed E-state index contributed by atoms with van der Waals surface area (Å²) in [6.07, 6.45) is 4.21. The van der Waals surface area contributed by atoms with Crippen LogP contribution in [0, 0.1) is 0 Å². The molecule has 0 amide bonds. The predicted molar refractivity (Wildman–Crippen MR) is 90.8 cm³/mol. The normalized spacial score (nSPS) is 11.1. The van der Waals surface area contributed by atoms with E-state index in [0.717, 1.165) is 18.8 Å². The van der Waals surface area contributed by atoms with E-state index in [-0.39, 0.29) is 0 Å². The Morgan fingerprint density at radius 1 is 1.29 bits per heavy atom. The Morgan fingerprint density at radius 3 is 2.76 bits per heavy atom. The van der Waals surface area contributed by atoms with Gasteiger partial charge in [0.15, 0.2) is 0 Å². The summed E-state index contributed by atoms with van der Waals surface area (Å²) in [5.74, 6) is 0.949. The molecule has 0 saturated heterocycles. The molecule has 0 aliphatic heterocycles. The van der Waals surface area contributed by atoms with Crippen LogP contribution in [0.4, 0.5) is 0 Å². The largest absolute Gasteiger partial charge is 0.489 e. The number of para-hydroxylation sites is 1. The monoisotopic (exact) mass is 290 g/mol. The smallest absolute Gasteiger partial charge is 0.124 e. The minimum Gasteiger partial charge on any atom is -0.489 e. The summed E-state index contributed by atoms with van der Waals surface area (Å²) in [6, 6.07) is 8.81. The highest BCUT2D eigenvalue weighted by Gasteiger charge is 2.03. The molecular formula is C18H30N2O. The third kappa shape index (κ3) is 7.30. The number of nitrogens with zero attached hydrogens (tertiary/aromatic N) is 1. The van der Waals surface area contributed by atoms with Crippen LogP contribution < -0.4 is 10.1 Å². The number of nitrogens with one attached hydrogen (secondary N) is 1. The van der Waals surface area contributed by atoms with Gasteiger partial charge in [0.25, 0.3) is 0 Å². The molecule has 3 nitrogen and oxygen atoms in total. The van der Waals surface area contributed by atoms with Crippen molar-refractivity contribution in [1.82, 2.24) is 10.2 Å². The molecule has 0 bridgehead atoms. The van der Waals surface area contributed by atoms with Crippen LogP contribution in [0.1, 0.15) is 32.3 Å². The fraction of sp³-hybridized carbons (Fsp3) is 0.556. The lowest BCUT2D eigenvalue weighted by molar-refractivity contribution is 0.268. The fourth-order valence-corrected chi connectivity index (χ4v) is 2.03. The minimum atomic E-state index is 0.554. The lowest BCUT2D eigenvalue weighted by atomic mass is 10.2. The van der Waals surface area contributed by atoms with Gasteiger partial charge >= 0.3 is 0 Å². The summed E-state index contributed by atoms with van der Waals surface area (Å²) >= 11 is 0. The summed E-state index contributed by atoms with van der Waals surface area (Å²) < 4.78 is 5.66. The van der Waals surface area contributed by atoms with Gasteiger partial charge in [-0.3, -0.25) is 0 Å². The van der Waals surface area contributed by atoms with Gasteiger partial charge in [-0.25, -0.2) is 0 Å². The van der Waals surface area contributed by atoms with Crippen LogP contribution in [-0.2, 0) is 6.54 Å². The van der Waals surface area contributed by atoms with Crippen molar-refractivity contribution in [1.29, 1.82) is 0 Å². The van der Waals surface area contributed by atoms with Crippen LogP contribution in [0.15, 0.2) is 36.9 Å². The quantitative estimate of drug-likeness (QED) is 0.499. The number of hydrogen-bond acceptors (Lipinski definition) is 3. The fourth-order valence-electron chi connectivity index (χ4n) is 2.03. The van der Waals surface area contributed by atoms with Gasteiger partial charge in [-0.15, -0.1) is 0 Å². The van der Waals surface area contributed by atoms with E-state index in [1.807, 2.05) is 12.1 Å². The number of rotatable bonds is 11. The summed E-state index contributed by atoms with van der Waals surface area (Å²) in [6.45, 7) is 11.8. The second-order valence-electron chi connectivity index (χ2n) is 5.67. The number of benzene rings is 1. The van der Waals surface area contributed by atoms with Crippen LogP contribution in [0.2, 0.25) is 0 Å². The van der Waals surface area contributed by atoms with Crippen molar-refractivity contribution in [2.75, 3.05) is 26.7 Å². The molecule has 0 atom stereocenters. The Balaban J connectivity index is 2.22. The van der Waals surface area contributed by atoms with Crippen molar-refractivity contribution in [3.05, 3.63) is 42.5 Å². The average Bonchev–Trinajstić information content (AvgIpc) is 2.49. The molecule has 1 aromatic carbocycles. The second-order valence-corrected chi connectivity index (χ2v) is 5.67. The van der Waals surface area contributed by atoms with E-state index in [4.69, 9.17) is 4.74 Å². The number of hydrogen-bond donors (Lipinski definition) is 1. The molecule has 118 valence electrons. The third-order valence-corrected chi connectivity index (χ3v) is 3.64. The Morgan fingerprint density at radius 2 is 2.05 bits per heavy atom. The van der Waals surface area contributed by atoms with E-state index in [2.05, 4.69) is 49.8 Å². The Bertz CT molecular complexity index is 404. The standard InChI is InChI=1S/C18H30N2O/c1-5-14-21-18-11-7-6-10-17(18)15-19-12-8-9-13-20(4)16(2)3/h5-7,10-11,16,19H,1,8-9,12-15H2,2-4H3. The van der Waals surface area contributed by atoms with Crippen LogP contribution in [0.3, 0.4) is 0 Å². The first-order valence-electron chi connectivity index (χ1n) is 7.87. The topological polar surface area (TPSA) is 24.5 Å². The van der Waals surface area contributed by atoms with Crippen molar-refractivity contribution in [2.24, 2.45) is 0 Å². The molecular weight excluding hydrogens is 260 g/mol. The average molecular weight is 290 g/mol. The van der Waals surface area contributed by atoms with Crippen LogP contribution in [0.25, 0.3) is 0 Å². The van der Waals surface area contributed by atoms with E-state index < -0.39 is 0 Å². The maximum atomic E-state index is 5.66. The molecule has 0 fully saturated rings. The van der Waals surface area contributed by atoms with E-state index in [9.17, 15) is 0 Å². The van der Waals surface area contributed by atoms with Crippen molar-refractivity contribution in [3.8, 4) is 5.75 Å². The highest BCUT2D eigenvalue weighted by molar-refractivity contribution is 5.33. The molecule has 0 aliphatic carbocycles. The molecule has 0 spiro atoms. The third-order valence-electron chi connectivity index (χ3n) is 3.64. The van der Waals surface area contributed by atoms with E-state index in [1.54, 1.807) is 6.08 Å². The first kappa shape index (κ1) is 17.7. The lowest BCUT2D eigenvalue weighted by Crippen LogP contribution is -2.27. The van der Waals surface area contributed by atoms with Crippen LogP contribution >= 0.6 is 0 Å². The Hall–Kier alpha value is -1.32. The summed E-state index contributed by atoms with van der Waals surface area (Å²) in [5.41, 5.74) is 1.21. The van der Waals surface area contributed by atoms with Crippen molar-refractivity contribution in [2.45, 2.75) is 39.3 Å². The van der Waals surface area contributed by atoms with E-state index in [0.29, 0.717) is 12.6 Å². The van der Waals surface area contributed by atoms with Gasteiger partial charge in [0, 0.05) is 18.2 Å².